The van der Waals surface area contributed by atoms with Crippen LogP contribution in [0.1, 0.15) is 54.6 Å². The first-order valence-electron chi connectivity index (χ1n) is 9.04. The lowest BCUT2D eigenvalue weighted by atomic mass is 9.97. The zero-order chi connectivity index (χ0) is 19.8. The number of hydrogen-bond donors (Lipinski definition) is 1. The van der Waals surface area contributed by atoms with Crippen LogP contribution in [0.4, 0.5) is 5.69 Å². The molecule has 142 valence electrons. The molecule has 0 bridgehead atoms. The van der Waals surface area contributed by atoms with Gasteiger partial charge in [0, 0.05) is 18.2 Å². The van der Waals surface area contributed by atoms with E-state index in [0.717, 1.165) is 12.0 Å². The first-order valence-corrected chi connectivity index (χ1v) is 9.04. The molecule has 0 aromatic heterocycles. The molecule has 0 heterocycles. The highest BCUT2D eigenvalue weighted by molar-refractivity contribution is 5.98. The van der Waals surface area contributed by atoms with Crippen LogP contribution in [0.2, 0.25) is 0 Å². The topological polar surface area (TPSA) is 72.5 Å². The molecule has 1 N–H and O–H groups in total. The van der Waals surface area contributed by atoms with Gasteiger partial charge in [-0.25, -0.2) is 0 Å². The van der Waals surface area contributed by atoms with Crippen molar-refractivity contribution in [2.24, 2.45) is 0 Å². The molecule has 0 aliphatic heterocycles. The quantitative estimate of drug-likeness (QED) is 0.562. The van der Waals surface area contributed by atoms with E-state index in [1.807, 2.05) is 12.1 Å². The van der Waals surface area contributed by atoms with Gasteiger partial charge in [-0.15, -0.1) is 0 Å². The van der Waals surface area contributed by atoms with E-state index in [1.165, 1.54) is 12.5 Å². The SMILES string of the molecule is CC[C@@H](C)c1ccc(C(=O)COC(=O)Cc2ccc(NC(C)=O)cc2)cc1. The summed E-state index contributed by atoms with van der Waals surface area (Å²) in [5.41, 5.74) is 3.14. The molecule has 0 spiro atoms. The lowest BCUT2D eigenvalue weighted by molar-refractivity contribution is -0.141. The van der Waals surface area contributed by atoms with E-state index in [0.29, 0.717) is 17.2 Å². The van der Waals surface area contributed by atoms with Gasteiger partial charge in [0.05, 0.1) is 6.42 Å². The van der Waals surface area contributed by atoms with Crippen LogP contribution in [0.5, 0.6) is 0 Å². The zero-order valence-electron chi connectivity index (χ0n) is 16.0. The summed E-state index contributed by atoms with van der Waals surface area (Å²) in [7, 11) is 0. The monoisotopic (exact) mass is 367 g/mol. The van der Waals surface area contributed by atoms with E-state index in [1.54, 1.807) is 36.4 Å². The van der Waals surface area contributed by atoms with Crippen LogP contribution in [-0.4, -0.2) is 24.3 Å². The summed E-state index contributed by atoms with van der Waals surface area (Å²) in [4.78, 5) is 35.1. The molecule has 0 aliphatic carbocycles. The van der Waals surface area contributed by atoms with Gasteiger partial charge in [-0.3, -0.25) is 14.4 Å². The van der Waals surface area contributed by atoms with E-state index in [-0.39, 0.29) is 24.7 Å². The van der Waals surface area contributed by atoms with Crippen molar-refractivity contribution < 1.29 is 19.1 Å². The second kappa shape index (κ2) is 9.67. The predicted octanol–water partition coefficient (Wildman–Crippen LogP) is 4.13. The Morgan fingerprint density at radius 1 is 1.00 bits per heavy atom. The Bertz CT molecular complexity index is 794. The highest BCUT2D eigenvalue weighted by atomic mass is 16.5. The Morgan fingerprint density at radius 2 is 1.63 bits per heavy atom. The summed E-state index contributed by atoms with van der Waals surface area (Å²) in [5, 5.41) is 2.66. The van der Waals surface area contributed by atoms with Gasteiger partial charge in [0.2, 0.25) is 5.91 Å². The molecule has 5 nitrogen and oxygen atoms in total. The third-order valence-electron chi connectivity index (χ3n) is 4.40. The minimum absolute atomic E-state index is 0.0700. The van der Waals surface area contributed by atoms with Crippen LogP contribution >= 0.6 is 0 Å². The Labute approximate surface area is 159 Å². The molecule has 0 saturated heterocycles. The van der Waals surface area contributed by atoms with Crippen LogP contribution in [0, 0.1) is 0 Å². The van der Waals surface area contributed by atoms with E-state index in [9.17, 15) is 14.4 Å². The fourth-order valence-corrected chi connectivity index (χ4v) is 2.59. The summed E-state index contributed by atoms with van der Waals surface area (Å²) in [6.07, 6.45) is 1.11. The summed E-state index contributed by atoms with van der Waals surface area (Å²) < 4.78 is 5.10. The highest BCUT2D eigenvalue weighted by Gasteiger charge is 2.12. The van der Waals surface area contributed by atoms with Crippen molar-refractivity contribution in [3.63, 3.8) is 0 Å². The zero-order valence-corrected chi connectivity index (χ0v) is 16.0. The van der Waals surface area contributed by atoms with Gasteiger partial charge >= 0.3 is 5.97 Å². The van der Waals surface area contributed by atoms with Crippen molar-refractivity contribution in [2.75, 3.05) is 11.9 Å². The molecule has 1 amide bonds. The van der Waals surface area contributed by atoms with Gasteiger partial charge in [-0.05, 0) is 35.6 Å². The number of Topliss-reactive ketones (excluding diaryl/α,β-unsaturated/α-hetero) is 1. The Hall–Kier alpha value is -2.95. The van der Waals surface area contributed by atoms with E-state index >= 15 is 0 Å². The van der Waals surface area contributed by atoms with E-state index in [4.69, 9.17) is 4.74 Å². The third-order valence-corrected chi connectivity index (χ3v) is 4.40. The lowest BCUT2D eigenvalue weighted by Crippen LogP contribution is -2.15. The van der Waals surface area contributed by atoms with Crippen LogP contribution in [-0.2, 0) is 20.7 Å². The molecular weight excluding hydrogens is 342 g/mol. The number of benzene rings is 2. The number of rotatable bonds is 8. The molecule has 0 radical (unpaired) electrons. The first kappa shape index (κ1) is 20.4. The average Bonchev–Trinajstić information content (AvgIpc) is 2.66. The Kier molecular flexibility index (Phi) is 7.29. The third kappa shape index (κ3) is 6.37. The number of ketones is 1. The molecule has 1 atom stereocenters. The van der Waals surface area contributed by atoms with Gasteiger partial charge < -0.3 is 10.1 Å². The first-order chi connectivity index (χ1) is 12.9. The predicted molar refractivity (Wildman–Crippen MR) is 105 cm³/mol. The molecule has 0 fully saturated rings. The molecule has 5 heteroatoms. The number of esters is 1. The number of amides is 1. The number of nitrogens with one attached hydrogen (secondary N) is 1. The largest absolute Gasteiger partial charge is 0.457 e. The smallest absolute Gasteiger partial charge is 0.310 e. The van der Waals surface area contributed by atoms with E-state index in [2.05, 4.69) is 19.2 Å². The van der Waals surface area contributed by atoms with Gasteiger partial charge in [0.1, 0.15) is 0 Å². The normalized spacial score (nSPS) is 11.5. The molecular formula is C22H25NO4. The highest BCUT2D eigenvalue weighted by Crippen LogP contribution is 2.19. The minimum atomic E-state index is -0.466. The molecule has 2 aromatic rings. The molecule has 0 aliphatic rings. The second-order valence-corrected chi connectivity index (χ2v) is 6.57. The average molecular weight is 367 g/mol. The number of ether oxygens (including phenoxy) is 1. The van der Waals surface area contributed by atoms with E-state index < -0.39 is 5.97 Å². The molecule has 2 aromatic carbocycles. The van der Waals surface area contributed by atoms with Crippen LogP contribution in [0.3, 0.4) is 0 Å². The Balaban J connectivity index is 1.84. The van der Waals surface area contributed by atoms with Crippen molar-refractivity contribution in [1.29, 1.82) is 0 Å². The summed E-state index contributed by atoms with van der Waals surface area (Å²) in [5.74, 6) is -0.395. The van der Waals surface area contributed by atoms with Gasteiger partial charge in [0.25, 0.3) is 0 Å². The number of hydrogen-bond acceptors (Lipinski definition) is 4. The fourth-order valence-electron chi connectivity index (χ4n) is 2.59. The Morgan fingerprint density at radius 3 is 2.19 bits per heavy atom. The number of carbonyl (C=O) groups excluding carboxylic acids is 3. The van der Waals surface area contributed by atoms with Gasteiger partial charge in [-0.2, -0.15) is 0 Å². The second-order valence-electron chi connectivity index (χ2n) is 6.57. The molecule has 0 saturated carbocycles. The van der Waals surface area contributed by atoms with Gasteiger partial charge in [0.15, 0.2) is 12.4 Å². The van der Waals surface area contributed by atoms with Crippen molar-refractivity contribution in [2.45, 2.75) is 39.5 Å². The van der Waals surface area contributed by atoms with Crippen LogP contribution in [0.25, 0.3) is 0 Å². The number of anilines is 1. The lowest BCUT2D eigenvalue weighted by Gasteiger charge is -2.09. The summed E-state index contributed by atoms with van der Waals surface area (Å²) >= 11 is 0. The van der Waals surface area contributed by atoms with Crippen molar-refractivity contribution in [3.8, 4) is 0 Å². The minimum Gasteiger partial charge on any atom is -0.457 e. The molecule has 2 rings (SSSR count). The van der Waals surface area contributed by atoms with Crippen molar-refractivity contribution >= 4 is 23.3 Å². The maximum Gasteiger partial charge on any atom is 0.310 e. The van der Waals surface area contributed by atoms with Crippen LogP contribution < -0.4 is 5.32 Å². The molecule has 0 unspecified atom stereocenters. The molecule has 27 heavy (non-hydrogen) atoms. The maximum atomic E-state index is 12.2. The maximum absolute atomic E-state index is 12.2. The standard InChI is InChI=1S/C22H25NO4/c1-4-15(2)18-7-9-19(10-8-18)21(25)14-27-22(26)13-17-5-11-20(12-6-17)23-16(3)24/h5-12,15H,4,13-14H2,1-3H3,(H,23,24)/t15-/m1/s1. The fraction of sp³-hybridized carbons (Fsp3) is 0.318. The van der Waals surface area contributed by atoms with Crippen molar-refractivity contribution in [1.82, 2.24) is 0 Å². The van der Waals surface area contributed by atoms with Gasteiger partial charge in [-0.1, -0.05) is 50.2 Å². The van der Waals surface area contributed by atoms with Crippen molar-refractivity contribution in [3.05, 3.63) is 65.2 Å². The summed E-state index contributed by atoms with van der Waals surface area (Å²) in [6, 6.07) is 14.3. The van der Waals surface area contributed by atoms with Crippen LogP contribution in [0.15, 0.2) is 48.5 Å². The summed E-state index contributed by atoms with van der Waals surface area (Å²) in [6.45, 7) is 5.42. The number of carbonyl (C=O) groups is 3.